The molecular formula is C27H29O3PS. The molecule has 0 fully saturated rings. The number of rotatable bonds is 7. The molecule has 0 saturated carbocycles. The quantitative estimate of drug-likeness (QED) is 0.317. The molecule has 166 valence electrons. The van der Waals surface area contributed by atoms with E-state index in [0.29, 0.717) is 28.0 Å². The van der Waals surface area contributed by atoms with Crippen LogP contribution in [0.15, 0.2) is 54.6 Å². The van der Waals surface area contributed by atoms with Crippen LogP contribution in [-0.4, -0.2) is 11.0 Å². The first-order valence-electron chi connectivity index (χ1n) is 10.7. The Labute approximate surface area is 196 Å². The van der Waals surface area contributed by atoms with Gasteiger partial charge in [-0.25, -0.2) is 0 Å². The minimum absolute atomic E-state index is 0.269. The Kier molecular flexibility index (Phi) is 7.27. The van der Waals surface area contributed by atoms with Crippen molar-refractivity contribution in [2.45, 2.75) is 46.8 Å². The third-order valence-corrected chi connectivity index (χ3v) is 8.88. The molecule has 0 amide bonds. The molecule has 3 aromatic carbocycles. The highest BCUT2D eigenvalue weighted by Gasteiger charge is 2.44. The van der Waals surface area contributed by atoms with Gasteiger partial charge in [0.15, 0.2) is 0 Å². The van der Waals surface area contributed by atoms with Crippen molar-refractivity contribution in [1.82, 2.24) is 0 Å². The van der Waals surface area contributed by atoms with Gasteiger partial charge in [-0.05, 0) is 67.5 Å². The van der Waals surface area contributed by atoms with Gasteiger partial charge in [-0.1, -0.05) is 61.5 Å². The molecule has 0 aliphatic heterocycles. The van der Waals surface area contributed by atoms with E-state index in [-0.39, 0.29) is 5.30 Å². The van der Waals surface area contributed by atoms with Gasteiger partial charge < -0.3 is 4.57 Å². The predicted molar refractivity (Wildman–Crippen MR) is 136 cm³/mol. The molecular weight excluding hydrogens is 435 g/mol. The number of thiol groups is 1. The van der Waals surface area contributed by atoms with Crippen molar-refractivity contribution in [3.63, 3.8) is 0 Å². The molecule has 0 spiro atoms. The molecule has 1 atom stereocenters. The van der Waals surface area contributed by atoms with Crippen LogP contribution in [0.5, 0.6) is 0 Å². The fourth-order valence-electron chi connectivity index (χ4n) is 4.36. The van der Waals surface area contributed by atoms with E-state index in [0.717, 1.165) is 28.7 Å². The summed E-state index contributed by atoms with van der Waals surface area (Å²) in [6.07, 6.45) is 0.835. The van der Waals surface area contributed by atoms with Crippen LogP contribution in [0.25, 0.3) is 0 Å². The number of carbonyl (C=O) groups is 2. The van der Waals surface area contributed by atoms with Crippen LogP contribution in [0.1, 0.15) is 61.0 Å². The molecule has 0 aliphatic rings. The number of aryl methyl sites for hydroxylation is 5. The SMILES string of the molecule is CCc1cc(C)c(C(=O)P(=O)(C(=O)c2c(C)cc(CS)cc2C)c2ccccc2)c(C)c1. The van der Waals surface area contributed by atoms with Crippen LogP contribution in [-0.2, 0) is 16.7 Å². The monoisotopic (exact) mass is 464 g/mol. The number of carbonyl (C=O) groups excluding carboxylic acids is 2. The number of hydrogen-bond donors (Lipinski definition) is 1. The van der Waals surface area contributed by atoms with E-state index in [1.54, 1.807) is 30.3 Å². The highest BCUT2D eigenvalue weighted by Crippen LogP contribution is 2.52. The van der Waals surface area contributed by atoms with Crippen molar-refractivity contribution in [3.05, 3.63) is 99.1 Å². The lowest BCUT2D eigenvalue weighted by molar-refractivity contribution is 0.104. The summed E-state index contributed by atoms with van der Waals surface area (Å²) < 4.78 is 14.6. The minimum atomic E-state index is -4.15. The van der Waals surface area contributed by atoms with Crippen LogP contribution >= 0.6 is 19.8 Å². The van der Waals surface area contributed by atoms with Gasteiger partial charge >= 0.3 is 0 Å². The average Bonchev–Trinajstić information content (AvgIpc) is 2.77. The summed E-state index contributed by atoms with van der Waals surface area (Å²) in [4.78, 5) is 27.9. The van der Waals surface area contributed by atoms with Crippen molar-refractivity contribution >= 4 is 36.1 Å². The summed E-state index contributed by atoms with van der Waals surface area (Å²) in [6.45, 7) is 9.38. The van der Waals surface area contributed by atoms with Gasteiger partial charge in [-0.2, -0.15) is 12.6 Å². The third-order valence-electron chi connectivity index (χ3n) is 5.90. The maximum Gasteiger partial charge on any atom is 0.248 e. The molecule has 0 N–H and O–H groups in total. The Hall–Kier alpha value is -2.42. The fraction of sp³-hybridized carbons (Fsp3) is 0.259. The van der Waals surface area contributed by atoms with Crippen LogP contribution < -0.4 is 5.30 Å². The van der Waals surface area contributed by atoms with Crippen molar-refractivity contribution in [2.24, 2.45) is 0 Å². The van der Waals surface area contributed by atoms with Crippen LogP contribution in [0.3, 0.4) is 0 Å². The molecule has 0 aliphatic carbocycles. The largest absolute Gasteiger partial charge is 0.302 e. The van der Waals surface area contributed by atoms with E-state index in [2.05, 4.69) is 12.6 Å². The van der Waals surface area contributed by atoms with Gasteiger partial charge in [0.1, 0.15) is 0 Å². The van der Waals surface area contributed by atoms with E-state index in [9.17, 15) is 14.2 Å². The van der Waals surface area contributed by atoms with Crippen LogP contribution in [0.4, 0.5) is 0 Å². The number of benzene rings is 3. The summed E-state index contributed by atoms with van der Waals surface area (Å²) in [6, 6.07) is 16.1. The zero-order chi connectivity index (χ0) is 23.6. The lowest BCUT2D eigenvalue weighted by Gasteiger charge is -2.21. The molecule has 0 radical (unpaired) electrons. The van der Waals surface area contributed by atoms with E-state index in [4.69, 9.17) is 0 Å². The van der Waals surface area contributed by atoms with E-state index < -0.39 is 18.2 Å². The minimum Gasteiger partial charge on any atom is -0.302 e. The zero-order valence-electron chi connectivity index (χ0n) is 19.2. The molecule has 0 bridgehead atoms. The van der Waals surface area contributed by atoms with Gasteiger partial charge in [0.2, 0.25) is 18.2 Å². The topological polar surface area (TPSA) is 51.2 Å². The molecule has 3 nitrogen and oxygen atoms in total. The fourth-order valence-corrected chi connectivity index (χ4v) is 7.12. The smallest absolute Gasteiger partial charge is 0.248 e. The number of hydrogen-bond acceptors (Lipinski definition) is 4. The summed E-state index contributed by atoms with van der Waals surface area (Å²) in [5.41, 5.74) is 4.52. The zero-order valence-corrected chi connectivity index (χ0v) is 21.0. The Bertz CT molecular complexity index is 1120. The van der Waals surface area contributed by atoms with Crippen LogP contribution in [0.2, 0.25) is 0 Å². The normalized spacial score (nSPS) is 12.9. The predicted octanol–water partition coefficient (Wildman–Crippen LogP) is 6.58. The van der Waals surface area contributed by atoms with Crippen molar-refractivity contribution in [3.8, 4) is 0 Å². The standard InChI is InChI=1S/C27H29O3PS/c1-6-21-12-17(2)24(18(3)13-21)26(28)31(30,23-10-8-7-9-11-23)27(29)25-19(4)14-22(16-32)15-20(25)5/h7-15,32H,6,16H2,1-5H3. The second-order valence-electron chi connectivity index (χ2n) is 8.28. The van der Waals surface area contributed by atoms with E-state index in [1.165, 1.54) is 0 Å². The van der Waals surface area contributed by atoms with E-state index >= 15 is 0 Å². The molecule has 0 aromatic heterocycles. The third kappa shape index (κ3) is 4.27. The first-order valence-corrected chi connectivity index (χ1v) is 13.1. The summed E-state index contributed by atoms with van der Waals surface area (Å²) in [5, 5.41) is 0.269. The van der Waals surface area contributed by atoms with Gasteiger partial charge in [-0.15, -0.1) is 0 Å². The molecule has 3 rings (SSSR count). The van der Waals surface area contributed by atoms with Crippen molar-refractivity contribution in [2.75, 3.05) is 0 Å². The highest BCUT2D eigenvalue weighted by molar-refractivity contribution is 8.01. The van der Waals surface area contributed by atoms with Crippen molar-refractivity contribution < 1.29 is 14.2 Å². The molecule has 32 heavy (non-hydrogen) atoms. The Balaban J connectivity index is 2.28. The Morgan fingerprint density at radius 2 is 1.16 bits per heavy atom. The molecule has 0 heterocycles. The second-order valence-corrected chi connectivity index (χ2v) is 11.1. The van der Waals surface area contributed by atoms with E-state index in [1.807, 2.05) is 58.9 Å². The lowest BCUT2D eigenvalue weighted by atomic mass is 9.99. The first kappa shape index (κ1) is 24.2. The summed E-state index contributed by atoms with van der Waals surface area (Å²) >= 11 is 4.33. The maximum atomic E-state index is 14.6. The second kappa shape index (κ2) is 9.60. The molecule has 0 saturated heterocycles. The maximum absolute atomic E-state index is 14.6. The highest BCUT2D eigenvalue weighted by atomic mass is 32.1. The van der Waals surface area contributed by atoms with Crippen molar-refractivity contribution in [1.29, 1.82) is 0 Å². The van der Waals surface area contributed by atoms with Crippen LogP contribution in [0, 0.1) is 27.7 Å². The van der Waals surface area contributed by atoms with Gasteiger partial charge in [0.25, 0.3) is 0 Å². The summed E-state index contributed by atoms with van der Waals surface area (Å²) in [5.74, 6) is 0.535. The first-order chi connectivity index (χ1) is 15.1. The van der Waals surface area contributed by atoms with Gasteiger partial charge in [-0.3, -0.25) is 9.59 Å². The average molecular weight is 465 g/mol. The lowest BCUT2D eigenvalue weighted by Crippen LogP contribution is -2.23. The molecule has 5 heteroatoms. The molecule has 1 unspecified atom stereocenters. The van der Waals surface area contributed by atoms with Gasteiger partial charge in [0.05, 0.1) is 0 Å². The van der Waals surface area contributed by atoms with Gasteiger partial charge in [0, 0.05) is 22.2 Å². The summed E-state index contributed by atoms with van der Waals surface area (Å²) in [7, 11) is -4.15. The Morgan fingerprint density at radius 3 is 1.53 bits per heavy atom. The molecule has 3 aromatic rings. The Morgan fingerprint density at radius 1 is 0.750 bits per heavy atom.